The minimum Gasteiger partial charge on any atom is -0.368 e. The van der Waals surface area contributed by atoms with Gasteiger partial charge < -0.3 is 4.90 Å². The van der Waals surface area contributed by atoms with Crippen LogP contribution in [0.25, 0.3) is 0 Å². The molecule has 1 N–H and O–H groups in total. The van der Waals surface area contributed by atoms with Gasteiger partial charge in [0.2, 0.25) is 11.6 Å². The van der Waals surface area contributed by atoms with Crippen molar-refractivity contribution in [3.05, 3.63) is 75.3 Å². The van der Waals surface area contributed by atoms with Crippen molar-refractivity contribution >= 4 is 38.9 Å². The van der Waals surface area contributed by atoms with Crippen LogP contribution in [0.4, 0.5) is 5.69 Å². The number of carbonyl (C=O) groups excluding carboxylic acids is 2. The quantitative estimate of drug-likeness (QED) is 0.773. The second-order valence-electron chi connectivity index (χ2n) is 6.17. The maximum absolute atomic E-state index is 13.2. The van der Waals surface area contributed by atoms with E-state index in [9.17, 15) is 18.0 Å². The zero-order valence-electron chi connectivity index (χ0n) is 15.4. The van der Waals surface area contributed by atoms with E-state index >= 15 is 0 Å². The van der Waals surface area contributed by atoms with Crippen molar-refractivity contribution in [3.63, 3.8) is 0 Å². The number of Topliss-reactive ketones (excluding diaryl/α,β-unsaturated/α-hetero) is 2. The summed E-state index contributed by atoms with van der Waals surface area (Å²) in [7, 11) is -4.33. The van der Waals surface area contributed by atoms with Crippen LogP contribution in [0.3, 0.4) is 0 Å². The molecular formula is C20H19ClN2O4S. The third-order valence-electron chi connectivity index (χ3n) is 4.48. The normalized spacial score (nSPS) is 14.1. The molecule has 28 heavy (non-hydrogen) atoms. The van der Waals surface area contributed by atoms with Crippen molar-refractivity contribution in [1.82, 2.24) is 4.90 Å². The van der Waals surface area contributed by atoms with Crippen LogP contribution in [0, 0.1) is 0 Å². The molecule has 0 radical (unpaired) electrons. The molecule has 0 atom stereocenters. The lowest BCUT2D eigenvalue weighted by Gasteiger charge is -2.29. The fraction of sp³-hybridized carbons (Fsp3) is 0.200. The number of nitrogens with one attached hydrogen (secondary N) is 1. The fourth-order valence-electron chi connectivity index (χ4n) is 3.17. The van der Waals surface area contributed by atoms with Gasteiger partial charge in [0.25, 0.3) is 10.0 Å². The van der Waals surface area contributed by atoms with E-state index in [-0.39, 0.29) is 22.5 Å². The monoisotopic (exact) mass is 418 g/mol. The van der Waals surface area contributed by atoms with Crippen LogP contribution in [0.15, 0.2) is 59.1 Å². The van der Waals surface area contributed by atoms with Crippen molar-refractivity contribution in [2.45, 2.75) is 13.8 Å². The van der Waals surface area contributed by atoms with Crippen molar-refractivity contribution in [1.29, 1.82) is 0 Å². The van der Waals surface area contributed by atoms with E-state index in [0.29, 0.717) is 18.1 Å². The topological polar surface area (TPSA) is 83.6 Å². The summed E-state index contributed by atoms with van der Waals surface area (Å²) >= 11 is 5.93. The Bertz CT molecular complexity index is 1090. The third-order valence-corrected chi connectivity index (χ3v) is 6.13. The highest BCUT2D eigenvalue weighted by molar-refractivity contribution is 7.97. The summed E-state index contributed by atoms with van der Waals surface area (Å²) in [6, 6.07) is 12.4. The predicted octanol–water partition coefficient (Wildman–Crippen LogP) is 3.71. The lowest BCUT2D eigenvalue weighted by Crippen LogP contribution is -2.37. The van der Waals surface area contributed by atoms with Gasteiger partial charge in [-0.25, -0.2) is 8.42 Å². The molecule has 3 rings (SSSR count). The molecule has 8 heteroatoms. The number of anilines is 1. The van der Waals surface area contributed by atoms with Gasteiger partial charge in [0.15, 0.2) is 4.91 Å². The van der Waals surface area contributed by atoms with Crippen molar-refractivity contribution in [2.75, 3.05) is 17.8 Å². The summed E-state index contributed by atoms with van der Waals surface area (Å²) in [4.78, 5) is 27.3. The molecule has 0 aromatic heterocycles. The molecule has 0 amide bonds. The van der Waals surface area contributed by atoms with Crippen LogP contribution in [0.1, 0.15) is 34.6 Å². The van der Waals surface area contributed by atoms with Crippen LogP contribution in [0.2, 0.25) is 5.02 Å². The Labute approximate surface area is 168 Å². The Kier molecular flexibility index (Phi) is 5.58. The number of nitrogens with zero attached hydrogens (tertiary/aromatic N) is 1. The second kappa shape index (κ2) is 7.77. The van der Waals surface area contributed by atoms with E-state index in [0.717, 1.165) is 0 Å². The molecule has 0 spiro atoms. The molecule has 0 bridgehead atoms. The molecule has 146 valence electrons. The Balaban J connectivity index is 2.21. The minimum atomic E-state index is -4.33. The van der Waals surface area contributed by atoms with Gasteiger partial charge in [-0.15, -0.1) is 0 Å². The average Bonchev–Trinajstić information content (AvgIpc) is 2.66. The van der Waals surface area contributed by atoms with Crippen LogP contribution in [0.5, 0.6) is 0 Å². The van der Waals surface area contributed by atoms with E-state index in [4.69, 9.17) is 11.6 Å². The maximum atomic E-state index is 13.2. The van der Waals surface area contributed by atoms with Gasteiger partial charge in [-0.3, -0.25) is 14.3 Å². The van der Waals surface area contributed by atoms with E-state index in [1.165, 1.54) is 24.3 Å². The highest BCUT2D eigenvalue weighted by Gasteiger charge is 2.41. The maximum Gasteiger partial charge on any atom is 0.268 e. The van der Waals surface area contributed by atoms with Crippen molar-refractivity contribution < 1.29 is 18.0 Å². The molecule has 2 aromatic carbocycles. The zero-order chi connectivity index (χ0) is 20.5. The number of likely N-dealkylation sites (N-methyl/N-ethyl adjacent to an activating group) is 1. The first-order chi connectivity index (χ1) is 13.3. The van der Waals surface area contributed by atoms with Gasteiger partial charge in [-0.1, -0.05) is 41.9 Å². The summed E-state index contributed by atoms with van der Waals surface area (Å²) in [6.45, 7) is 4.35. The molecule has 0 unspecified atom stereocenters. The molecular weight excluding hydrogens is 400 g/mol. The van der Waals surface area contributed by atoms with Crippen LogP contribution < -0.4 is 4.72 Å². The Hall–Kier alpha value is -2.64. The van der Waals surface area contributed by atoms with E-state index in [1.54, 1.807) is 43.0 Å². The number of rotatable bonds is 6. The number of ketones is 2. The lowest BCUT2D eigenvalue weighted by molar-refractivity contribution is 0.0949. The number of fused-ring (bicyclic) bond motifs is 1. The summed E-state index contributed by atoms with van der Waals surface area (Å²) in [5, 5.41) is 0.342. The Morgan fingerprint density at radius 3 is 2.11 bits per heavy atom. The van der Waals surface area contributed by atoms with E-state index < -0.39 is 26.5 Å². The zero-order valence-corrected chi connectivity index (χ0v) is 17.0. The highest BCUT2D eigenvalue weighted by Crippen LogP contribution is 2.32. The van der Waals surface area contributed by atoms with Crippen molar-refractivity contribution in [2.24, 2.45) is 0 Å². The SMILES string of the molecule is CCN(CC)C1=C(S(=O)(=O)Nc2cccc(Cl)c2)C(=O)c2ccccc2C1=O. The predicted molar refractivity (Wildman–Crippen MR) is 109 cm³/mol. The molecule has 6 nitrogen and oxygen atoms in total. The standard InChI is InChI=1S/C20H19ClN2O4S/c1-3-23(4-2)17-18(24)15-10-5-6-11-16(15)19(25)20(17)28(26,27)22-14-9-7-8-13(21)12-14/h5-12,22H,3-4H2,1-2H3. The van der Waals surface area contributed by atoms with Crippen LogP contribution >= 0.6 is 11.6 Å². The number of hydrogen-bond acceptors (Lipinski definition) is 5. The Morgan fingerprint density at radius 1 is 0.929 bits per heavy atom. The first kappa shape index (κ1) is 20.1. The lowest BCUT2D eigenvalue weighted by atomic mass is 9.92. The number of hydrogen-bond donors (Lipinski definition) is 1. The summed E-state index contributed by atoms with van der Waals surface area (Å²) in [5.41, 5.74) is 0.382. The summed E-state index contributed by atoms with van der Waals surface area (Å²) in [5.74, 6) is -1.18. The smallest absolute Gasteiger partial charge is 0.268 e. The molecule has 1 aliphatic rings. The fourth-order valence-corrected chi connectivity index (χ4v) is 4.73. The van der Waals surface area contributed by atoms with Crippen LogP contribution in [-0.2, 0) is 10.0 Å². The molecule has 0 heterocycles. The summed E-state index contributed by atoms with van der Waals surface area (Å²) < 4.78 is 28.7. The largest absolute Gasteiger partial charge is 0.368 e. The third kappa shape index (κ3) is 3.55. The summed E-state index contributed by atoms with van der Waals surface area (Å²) in [6.07, 6.45) is 0. The van der Waals surface area contributed by atoms with Gasteiger partial charge in [0.1, 0.15) is 5.70 Å². The first-order valence-electron chi connectivity index (χ1n) is 8.76. The van der Waals surface area contributed by atoms with E-state index in [2.05, 4.69) is 4.72 Å². The second-order valence-corrected chi connectivity index (χ2v) is 8.23. The van der Waals surface area contributed by atoms with Gasteiger partial charge in [-0.2, -0.15) is 0 Å². The molecule has 0 aliphatic heterocycles. The molecule has 0 fully saturated rings. The van der Waals surface area contributed by atoms with Gasteiger partial charge >= 0.3 is 0 Å². The molecule has 1 aliphatic carbocycles. The minimum absolute atomic E-state index is 0.0786. The number of allylic oxidation sites excluding steroid dienone is 2. The average molecular weight is 419 g/mol. The molecule has 0 saturated carbocycles. The van der Waals surface area contributed by atoms with Crippen LogP contribution in [-0.4, -0.2) is 38.0 Å². The van der Waals surface area contributed by atoms with E-state index in [1.807, 2.05) is 0 Å². The molecule has 0 saturated heterocycles. The number of halogens is 1. The number of carbonyl (C=O) groups is 2. The van der Waals surface area contributed by atoms with Gasteiger partial charge in [0.05, 0.1) is 5.69 Å². The van der Waals surface area contributed by atoms with Gasteiger partial charge in [0, 0.05) is 29.2 Å². The Morgan fingerprint density at radius 2 is 1.54 bits per heavy atom. The molecule has 2 aromatic rings. The number of sulfonamides is 1. The first-order valence-corrected chi connectivity index (χ1v) is 10.6. The highest BCUT2D eigenvalue weighted by atomic mass is 35.5. The van der Waals surface area contributed by atoms with Gasteiger partial charge in [-0.05, 0) is 32.0 Å². The number of benzene rings is 2. The van der Waals surface area contributed by atoms with Crippen molar-refractivity contribution in [3.8, 4) is 0 Å².